The Bertz CT molecular complexity index is 888. The molecule has 0 radical (unpaired) electrons. The van der Waals surface area contributed by atoms with Crippen molar-refractivity contribution in [3.8, 4) is 5.75 Å². The number of imide groups is 1. The van der Waals surface area contributed by atoms with Crippen LogP contribution in [-0.2, 0) is 28.7 Å². The van der Waals surface area contributed by atoms with E-state index in [9.17, 15) is 19.2 Å². The number of benzene rings is 1. The fourth-order valence-electron chi connectivity index (χ4n) is 4.00. The van der Waals surface area contributed by atoms with Gasteiger partial charge in [0.05, 0.1) is 42.7 Å². The number of nitrogens with zero attached hydrogens (tertiary/aromatic N) is 1. The van der Waals surface area contributed by atoms with Crippen molar-refractivity contribution in [1.82, 2.24) is 0 Å². The molecule has 1 aromatic carbocycles. The quantitative estimate of drug-likeness (QED) is 0.555. The van der Waals surface area contributed by atoms with Gasteiger partial charge in [-0.3, -0.25) is 14.4 Å². The molecular formula is C20H19NO7. The normalized spacial score (nSPS) is 28.0. The monoisotopic (exact) mass is 385 g/mol. The van der Waals surface area contributed by atoms with Crippen molar-refractivity contribution in [3.63, 3.8) is 0 Å². The number of carbonyl (C=O) groups is 4. The highest BCUT2D eigenvalue weighted by atomic mass is 16.6. The van der Waals surface area contributed by atoms with E-state index in [0.29, 0.717) is 17.9 Å². The van der Waals surface area contributed by atoms with Crippen LogP contribution in [0.4, 0.5) is 5.69 Å². The third-order valence-corrected chi connectivity index (χ3v) is 5.30. The molecule has 8 heteroatoms. The van der Waals surface area contributed by atoms with Crippen LogP contribution in [0.2, 0.25) is 0 Å². The molecule has 0 unspecified atom stereocenters. The highest BCUT2D eigenvalue weighted by Gasteiger charge is 2.64. The first kappa shape index (κ1) is 18.2. The van der Waals surface area contributed by atoms with E-state index in [1.807, 2.05) is 6.92 Å². The Labute approximate surface area is 161 Å². The van der Waals surface area contributed by atoms with Crippen LogP contribution in [-0.4, -0.2) is 43.6 Å². The zero-order chi connectivity index (χ0) is 20.0. The number of hydrogen-bond acceptors (Lipinski definition) is 7. The number of carbonyl (C=O) groups excluding carboxylic acids is 4. The van der Waals surface area contributed by atoms with E-state index in [2.05, 4.69) is 0 Å². The summed E-state index contributed by atoms with van der Waals surface area (Å²) in [7, 11) is 1.52. The summed E-state index contributed by atoms with van der Waals surface area (Å²) in [5.74, 6) is -4.36. The molecule has 4 atom stereocenters. The SMILES string of the molecule is CCCOC(=O)C1=C[C@@H]2C(=O)O[C@H]1[C@@H]1C(=O)N(c3ccc(OC)cc3)C(=O)[C@@H]12. The summed E-state index contributed by atoms with van der Waals surface area (Å²) in [5, 5.41) is 0. The van der Waals surface area contributed by atoms with Crippen LogP contribution in [0.1, 0.15) is 13.3 Å². The maximum Gasteiger partial charge on any atom is 0.337 e. The van der Waals surface area contributed by atoms with Gasteiger partial charge in [-0.2, -0.15) is 0 Å². The van der Waals surface area contributed by atoms with Gasteiger partial charge in [0.15, 0.2) is 0 Å². The highest BCUT2D eigenvalue weighted by Crippen LogP contribution is 2.48. The van der Waals surface area contributed by atoms with Crippen molar-refractivity contribution in [2.45, 2.75) is 19.4 Å². The van der Waals surface area contributed by atoms with Crippen molar-refractivity contribution >= 4 is 29.4 Å². The number of rotatable bonds is 5. The summed E-state index contributed by atoms with van der Waals surface area (Å²) in [6.45, 7) is 2.08. The van der Waals surface area contributed by atoms with E-state index < -0.39 is 47.6 Å². The van der Waals surface area contributed by atoms with Crippen molar-refractivity contribution in [2.24, 2.45) is 17.8 Å². The van der Waals surface area contributed by atoms with Crippen LogP contribution in [0.15, 0.2) is 35.9 Å². The fourth-order valence-corrected chi connectivity index (χ4v) is 4.00. The van der Waals surface area contributed by atoms with E-state index in [1.54, 1.807) is 24.3 Å². The molecule has 4 aliphatic rings. The lowest BCUT2D eigenvalue weighted by Gasteiger charge is -2.39. The molecule has 8 nitrogen and oxygen atoms in total. The van der Waals surface area contributed by atoms with Gasteiger partial charge in [0.2, 0.25) is 11.8 Å². The number of methoxy groups -OCH3 is 1. The van der Waals surface area contributed by atoms with Gasteiger partial charge >= 0.3 is 11.9 Å². The van der Waals surface area contributed by atoms with E-state index in [-0.39, 0.29) is 12.2 Å². The van der Waals surface area contributed by atoms with Gasteiger partial charge in [0, 0.05) is 0 Å². The predicted octanol–water partition coefficient (Wildman–Crippen LogP) is 1.24. The second-order valence-corrected chi connectivity index (χ2v) is 6.90. The molecule has 1 aliphatic carbocycles. The Hall–Kier alpha value is -3.16. The standard InChI is InChI=1S/C20H19NO7/c1-3-8-27-19(24)13-9-12-14-15(16(13)28-20(12)25)18(23)21(17(14)22)10-4-6-11(26-2)7-5-10/h4-7,9,12,14-16H,3,8H2,1-2H3/t12-,14+,15+,16+/m0/s1. The molecule has 3 aliphatic heterocycles. The Morgan fingerprint density at radius 2 is 1.79 bits per heavy atom. The molecule has 2 bridgehead atoms. The summed E-state index contributed by atoms with van der Waals surface area (Å²) in [6.07, 6.45) is 0.964. The summed E-state index contributed by atoms with van der Waals surface area (Å²) < 4.78 is 15.6. The molecule has 2 amide bonds. The second kappa shape index (κ2) is 6.78. The average molecular weight is 385 g/mol. The third kappa shape index (κ3) is 2.59. The van der Waals surface area contributed by atoms with Crippen LogP contribution in [0.5, 0.6) is 5.75 Å². The number of hydrogen-bond donors (Lipinski definition) is 0. The van der Waals surface area contributed by atoms with Crippen molar-refractivity contribution in [2.75, 3.05) is 18.6 Å². The van der Waals surface area contributed by atoms with E-state index in [1.165, 1.54) is 13.2 Å². The van der Waals surface area contributed by atoms with E-state index in [0.717, 1.165) is 4.90 Å². The third-order valence-electron chi connectivity index (χ3n) is 5.30. The minimum Gasteiger partial charge on any atom is -0.497 e. The number of anilines is 1. The van der Waals surface area contributed by atoms with Crippen molar-refractivity contribution in [3.05, 3.63) is 35.9 Å². The first-order valence-corrected chi connectivity index (χ1v) is 9.09. The van der Waals surface area contributed by atoms with Gasteiger partial charge in [0.1, 0.15) is 11.9 Å². The van der Waals surface area contributed by atoms with Gasteiger partial charge in [-0.25, -0.2) is 9.69 Å². The molecule has 0 spiro atoms. The van der Waals surface area contributed by atoms with Crippen LogP contribution < -0.4 is 9.64 Å². The Kier molecular flexibility index (Phi) is 4.41. The zero-order valence-electron chi connectivity index (χ0n) is 15.4. The lowest BCUT2D eigenvalue weighted by molar-refractivity contribution is -0.172. The van der Waals surface area contributed by atoms with Crippen LogP contribution in [0.25, 0.3) is 0 Å². The lowest BCUT2D eigenvalue weighted by atomic mass is 9.70. The highest BCUT2D eigenvalue weighted by molar-refractivity contribution is 6.24. The summed E-state index contributed by atoms with van der Waals surface area (Å²) in [5.41, 5.74) is 0.518. The fraction of sp³-hybridized carbons (Fsp3) is 0.400. The number of esters is 2. The summed E-state index contributed by atoms with van der Waals surface area (Å²) in [4.78, 5) is 51.7. The van der Waals surface area contributed by atoms with Gasteiger partial charge in [-0.05, 0) is 30.7 Å². The largest absolute Gasteiger partial charge is 0.497 e. The van der Waals surface area contributed by atoms with Crippen LogP contribution in [0, 0.1) is 17.8 Å². The average Bonchev–Trinajstić information content (AvgIpc) is 2.98. The maximum atomic E-state index is 13.1. The van der Waals surface area contributed by atoms with Gasteiger partial charge < -0.3 is 14.2 Å². The molecule has 2 fully saturated rings. The first-order chi connectivity index (χ1) is 13.5. The van der Waals surface area contributed by atoms with E-state index in [4.69, 9.17) is 14.2 Å². The Balaban J connectivity index is 1.68. The van der Waals surface area contributed by atoms with Crippen LogP contribution in [0.3, 0.4) is 0 Å². The number of ether oxygens (including phenoxy) is 3. The molecule has 0 saturated carbocycles. The Morgan fingerprint density at radius 3 is 2.43 bits per heavy atom. The second-order valence-electron chi connectivity index (χ2n) is 6.90. The smallest absolute Gasteiger partial charge is 0.337 e. The molecule has 0 N–H and O–H groups in total. The summed E-state index contributed by atoms with van der Waals surface area (Å²) >= 11 is 0. The number of amides is 2. The first-order valence-electron chi connectivity index (χ1n) is 9.09. The molecular weight excluding hydrogens is 366 g/mol. The van der Waals surface area contributed by atoms with Crippen LogP contribution >= 0.6 is 0 Å². The van der Waals surface area contributed by atoms with Crippen molar-refractivity contribution < 1.29 is 33.4 Å². The minimum absolute atomic E-state index is 0.136. The molecule has 28 heavy (non-hydrogen) atoms. The van der Waals surface area contributed by atoms with E-state index >= 15 is 0 Å². The summed E-state index contributed by atoms with van der Waals surface area (Å²) in [6, 6.07) is 6.47. The minimum atomic E-state index is -1.11. The maximum absolute atomic E-state index is 13.1. The Morgan fingerprint density at radius 1 is 1.11 bits per heavy atom. The van der Waals surface area contributed by atoms with Crippen molar-refractivity contribution in [1.29, 1.82) is 0 Å². The lowest BCUT2D eigenvalue weighted by Crippen LogP contribution is -2.52. The van der Waals surface area contributed by atoms with Gasteiger partial charge in [-0.15, -0.1) is 0 Å². The van der Waals surface area contributed by atoms with Gasteiger partial charge in [0.25, 0.3) is 0 Å². The zero-order valence-corrected chi connectivity index (χ0v) is 15.4. The molecule has 3 heterocycles. The number of fused-ring (bicyclic) bond motifs is 1. The topological polar surface area (TPSA) is 99.2 Å². The molecule has 0 aromatic heterocycles. The molecule has 2 saturated heterocycles. The molecule has 5 rings (SSSR count). The molecule has 1 aromatic rings. The predicted molar refractivity (Wildman–Crippen MR) is 95.2 cm³/mol. The molecule has 146 valence electrons. The van der Waals surface area contributed by atoms with Gasteiger partial charge in [-0.1, -0.05) is 13.0 Å².